The molecule has 5 aromatic rings. The van der Waals surface area contributed by atoms with E-state index in [0.717, 1.165) is 0 Å². The molecule has 0 saturated heterocycles. The van der Waals surface area contributed by atoms with Crippen molar-refractivity contribution in [1.29, 1.82) is 0 Å². The Morgan fingerprint density at radius 1 is 1.19 bits per heavy atom. The first-order chi connectivity index (χ1) is 17.3. The van der Waals surface area contributed by atoms with Crippen molar-refractivity contribution >= 4 is 38.7 Å². The first kappa shape index (κ1) is 23.8. The van der Waals surface area contributed by atoms with Gasteiger partial charge in [0.15, 0.2) is 17.2 Å². The van der Waals surface area contributed by atoms with Gasteiger partial charge in [-0.1, -0.05) is 18.2 Å². The van der Waals surface area contributed by atoms with E-state index in [-0.39, 0.29) is 47.0 Å². The molecule has 0 atom stereocenters. The third-order valence-electron chi connectivity index (χ3n) is 5.47. The van der Waals surface area contributed by atoms with Gasteiger partial charge in [-0.15, -0.1) is 0 Å². The number of carbonyl (C=O) groups excluding carboxylic acids is 1. The smallest absolute Gasteiger partial charge is 0.264 e. The number of aryl methyl sites for hydroxylation is 1. The molecule has 0 unspecified atom stereocenters. The van der Waals surface area contributed by atoms with Crippen LogP contribution in [0.25, 0.3) is 22.5 Å². The molecule has 36 heavy (non-hydrogen) atoms. The molecular weight excluding hydrogens is 541 g/mol. The SMILES string of the molecule is Cc1nn(CC(=O)Nc2nn(Cc3ccccc3F)cc2Br)c2nc(-c3ccco3)cc(C(F)F)c12. The Bertz CT molecular complexity index is 1560. The highest BCUT2D eigenvalue weighted by Crippen LogP contribution is 2.33. The van der Waals surface area contributed by atoms with Gasteiger partial charge in [0.25, 0.3) is 6.43 Å². The number of anilines is 1. The Morgan fingerprint density at radius 2 is 2.00 bits per heavy atom. The van der Waals surface area contributed by atoms with Crippen molar-refractivity contribution in [2.45, 2.75) is 26.4 Å². The molecule has 0 spiro atoms. The van der Waals surface area contributed by atoms with Gasteiger partial charge in [0.2, 0.25) is 5.91 Å². The van der Waals surface area contributed by atoms with Crippen molar-refractivity contribution in [2.75, 3.05) is 5.32 Å². The lowest BCUT2D eigenvalue weighted by atomic mass is 10.1. The van der Waals surface area contributed by atoms with Crippen molar-refractivity contribution in [1.82, 2.24) is 24.5 Å². The first-order valence-corrected chi connectivity index (χ1v) is 11.6. The summed E-state index contributed by atoms with van der Waals surface area (Å²) < 4.78 is 50.3. The summed E-state index contributed by atoms with van der Waals surface area (Å²) in [6.07, 6.45) is 0.257. The zero-order chi connectivity index (χ0) is 25.4. The molecule has 0 saturated carbocycles. The van der Waals surface area contributed by atoms with Crippen LogP contribution in [0.3, 0.4) is 0 Å². The summed E-state index contributed by atoms with van der Waals surface area (Å²) in [4.78, 5) is 17.3. The van der Waals surface area contributed by atoms with E-state index < -0.39 is 12.3 Å². The van der Waals surface area contributed by atoms with E-state index >= 15 is 0 Å². The Balaban J connectivity index is 1.41. The predicted octanol–water partition coefficient (Wildman–Crippen LogP) is 5.72. The van der Waals surface area contributed by atoms with Crippen LogP contribution in [0, 0.1) is 12.7 Å². The average Bonchev–Trinajstić information content (AvgIpc) is 3.56. The number of pyridine rings is 1. The minimum atomic E-state index is -2.77. The molecule has 0 radical (unpaired) electrons. The number of carbonyl (C=O) groups is 1. The van der Waals surface area contributed by atoms with E-state index in [1.165, 1.54) is 27.8 Å². The summed E-state index contributed by atoms with van der Waals surface area (Å²) in [7, 11) is 0. The van der Waals surface area contributed by atoms with Crippen molar-refractivity contribution in [2.24, 2.45) is 0 Å². The average molecular weight is 559 g/mol. The molecule has 0 bridgehead atoms. The minimum Gasteiger partial charge on any atom is -0.463 e. The normalized spacial score (nSPS) is 11.5. The van der Waals surface area contributed by atoms with Crippen LogP contribution < -0.4 is 5.32 Å². The number of rotatable bonds is 7. The highest BCUT2D eigenvalue weighted by Gasteiger charge is 2.23. The highest BCUT2D eigenvalue weighted by atomic mass is 79.9. The second kappa shape index (κ2) is 9.61. The van der Waals surface area contributed by atoms with Crippen LogP contribution in [0.2, 0.25) is 0 Å². The van der Waals surface area contributed by atoms with E-state index in [2.05, 4.69) is 36.4 Å². The van der Waals surface area contributed by atoms with Gasteiger partial charge < -0.3 is 9.73 Å². The Labute approximate surface area is 210 Å². The van der Waals surface area contributed by atoms with Gasteiger partial charge in [-0.2, -0.15) is 10.2 Å². The number of benzene rings is 1. The topological polar surface area (TPSA) is 90.8 Å². The Hall–Kier alpha value is -3.93. The van der Waals surface area contributed by atoms with Gasteiger partial charge in [-0.05, 0) is 47.1 Å². The van der Waals surface area contributed by atoms with E-state index in [9.17, 15) is 18.0 Å². The molecule has 5 rings (SSSR count). The maximum atomic E-state index is 14.0. The predicted molar refractivity (Wildman–Crippen MR) is 129 cm³/mol. The van der Waals surface area contributed by atoms with E-state index in [1.807, 2.05) is 0 Å². The fraction of sp³-hybridized carbons (Fsp3) is 0.167. The summed E-state index contributed by atoms with van der Waals surface area (Å²) in [6.45, 7) is 1.45. The molecule has 1 amide bonds. The van der Waals surface area contributed by atoms with Crippen molar-refractivity contribution in [3.63, 3.8) is 0 Å². The molecule has 1 aromatic carbocycles. The van der Waals surface area contributed by atoms with Crippen LogP contribution in [0.5, 0.6) is 0 Å². The van der Waals surface area contributed by atoms with Gasteiger partial charge in [-0.3, -0.25) is 9.48 Å². The fourth-order valence-electron chi connectivity index (χ4n) is 3.89. The number of amides is 1. The van der Waals surface area contributed by atoms with Gasteiger partial charge >= 0.3 is 0 Å². The van der Waals surface area contributed by atoms with Crippen LogP contribution in [0.4, 0.5) is 19.0 Å². The van der Waals surface area contributed by atoms with Gasteiger partial charge in [0, 0.05) is 17.3 Å². The number of fused-ring (bicyclic) bond motifs is 1. The van der Waals surface area contributed by atoms with Crippen LogP contribution in [0.1, 0.15) is 23.2 Å². The summed E-state index contributed by atoms with van der Waals surface area (Å²) in [5.41, 5.74) is 0.860. The number of alkyl halides is 2. The van der Waals surface area contributed by atoms with Crippen LogP contribution >= 0.6 is 15.9 Å². The first-order valence-electron chi connectivity index (χ1n) is 10.8. The van der Waals surface area contributed by atoms with Crippen LogP contribution in [-0.2, 0) is 17.9 Å². The summed E-state index contributed by atoms with van der Waals surface area (Å²) >= 11 is 3.34. The number of hydrogen-bond donors (Lipinski definition) is 1. The maximum Gasteiger partial charge on any atom is 0.264 e. The monoisotopic (exact) mass is 558 g/mol. The molecule has 4 aromatic heterocycles. The molecule has 12 heteroatoms. The van der Waals surface area contributed by atoms with Crippen molar-refractivity contribution in [3.05, 3.63) is 82.0 Å². The van der Waals surface area contributed by atoms with Crippen LogP contribution in [0.15, 0.2) is 63.8 Å². The standard InChI is InChI=1S/C24H18BrF3N6O2/c1-13-21-15(22(27)28)9-18(19-7-4-8-36-19)29-24(21)34(31-13)12-20(35)30-23-16(25)11-33(32-23)10-14-5-2-3-6-17(14)26/h2-9,11,22H,10,12H2,1H3,(H,30,32,35). The third-order valence-corrected chi connectivity index (χ3v) is 6.06. The largest absolute Gasteiger partial charge is 0.463 e. The Morgan fingerprint density at radius 3 is 2.72 bits per heavy atom. The third kappa shape index (κ3) is 4.63. The molecule has 8 nitrogen and oxygen atoms in total. The molecule has 1 N–H and O–H groups in total. The molecule has 0 aliphatic rings. The number of hydrogen-bond acceptors (Lipinski definition) is 5. The molecule has 184 valence electrons. The highest BCUT2D eigenvalue weighted by molar-refractivity contribution is 9.10. The minimum absolute atomic E-state index is 0.135. The van der Waals surface area contributed by atoms with Gasteiger partial charge in [-0.25, -0.2) is 22.8 Å². The zero-order valence-corrected chi connectivity index (χ0v) is 20.3. The van der Waals surface area contributed by atoms with Crippen LogP contribution in [-0.4, -0.2) is 30.5 Å². The molecular formula is C24H18BrF3N6O2. The van der Waals surface area contributed by atoms with Crippen molar-refractivity contribution in [3.8, 4) is 11.5 Å². The molecule has 0 aliphatic carbocycles. The lowest BCUT2D eigenvalue weighted by Crippen LogP contribution is -2.20. The number of nitrogens with one attached hydrogen (secondary N) is 1. The fourth-order valence-corrected chi connectivity index (χ4v) is 4.31. The zero-order valence-electron chi connectivity index (χ0n) is 18.8. The lowest BCUT2D eigenvalue weighted by Gasteiger charge is -2.08. The molecule has 4 heterocycles. The summed E-state index contributed by atoms with van der Waals surface area (Å²) in [5, 5.41) is 11.4. The maximum absolute atomic E-state index is 14.0. The molecule has 0 fully saturated rings. The lowest BCUT2D eigenvalue weighted by molar-refractivity contribution is -0.116. The van der Waals surface area contributed by atoms with Gasteiger partial charge in [0.1, 0.15) is 18.1 Å². The van der Waals surface area contributed by atoms with Gasteiger partial charge in [0.05, 0.1) is 28.4 Å². The second-order valence-electron chi connectivity index (χ2n) is 7.98. The van der Waals surface area contributed by atoms with E-state index in [4.69, 9.17) is 4.42 Å². The summed E-state index contributed by atoms with van der Waals surface area (Å²) in [6, 6.07) is 10.8. The number of aromatic nitrogens is 5. The quantitative estimate of drug-likeness (QED) is 0.276. The molecule has 0 aliphatic heterocycles. The number of nitrogens with zero attached hydrogens (tertiary/aromatic N) is 5. The van der Waals surface area contributed by atoms with E-state index in [1.54, 1.807) is 43.5 Å². The van der Waals surface area contributed by atoms with Crippen molar-refractivity contribution < 1.29 is 22.4 Å². The second-order valence-corrected chi connectivity index (χ2v) is 8.83. The van der Waals surface area contributed by atoms with E-state index in [0.29, 0.717) is 21.5 Å². The Kier molecular flexibility index (Phi) is 6.35. The number of furan rings is 1. The number of halogens is 4. The summed E-state index contributed by atoms with van der Waals surface area (Å²) in [5.74, 6) is -0.319.